The van der Waals surface area contributed by atoms with E-state index in [1.807, 2.05) is 6.92 Å². The van der Waals surface area contributed by atoms with Gasteiger partial charge in [0.1, 0.15) is 18.3 Å². The van der Waals surface area contributed by atoms with Crippen molar-refractivity contribution >= 4 is 11.6 Å². The van der Waals surface area contributed by atoms with Crippen molar-refractivity contribution in [1.29, 1.82) is 0 Å². The van der Waals surface area contributed by atoms with Crippen molar-refractivity contribution in [1.82, 2.24) is 0 Å². The molecule has 0 aromatic carbocycles. The summed E-state index contributed by atoms with van der Waals surface area (Å²) in [5, 5.41) is 20.6. The lowest BCUT2D eigenvalue weighted by Gasteiger charge is -2.55. The van der Waals surface area contributed by atoms with Gasteiger partial charge in [-0.05, 0) is 56.4 Å². The highest BCUT2D eigenvalue weighted by Crippen LogP contribution is 2.65. The number of ketones is 2. The minimum atomic E-state index is -1.44. The van der Waals surface area contributed by atoms with Crippen molar-refractivity contribution in [2.45, 2.75) is 64.1 Å². The molecule has 0 heterocycles. The number of hydrogen-bond donors (Lipinski definition) is 2. The molecule has 27 heavy (non-hydrogen) atoms. The fourth-order valence-corrected chi connectivity index (χ4v) is 6.70. The number of Topliss-reactive ketones (excluding diaryl/α,β-unsaturated/α-hetero) is 1. The Kier molecular flexibility index (Phi) is 4.30. The molecular weight excluding hydrogens is 344 g/mol. The third-order valence-corrected chi connectivity index (χ3v) is 8.40. The van der Waals surface area contributed by atoms with Crippen molar-refractivity contribution in [3.63, 3.8) is 0 Å². The zero-order chi connectivity index (χ0) is 19.6. The normalized spacial score (nSPS) is 46.1. The average Bonchev–Trinajstić information content (AvgIpc) is 2.93. The van der Waals surface area contributed by atoms with Crippen LogP contribution in [0.4, 0.5) is 0 Å². The number of hydrogen-bond acceptors (Lipinski definition) is 5. The first-order chi connectivity index (χ1) is 12.7. The molecule has 5 nitrogen and oxygen atoms in total. The van der Waals surface area contributed by atoms with E-state index >= 15 is 0 Å². The van der Waals surface area contributed by atoms with Gasteiger partial charge in [0.15, 0.2) is 11.6 Å². The van der Waals surface area contributed by atoms with E-state index in [9.17, 15) is 19.8 Å². The van der Waals surface area contributed by atoms with Gasteiger partial charge < -0.3 is 14.9 Å². The second kappa shape index (κ2) is 6.10. The lowest BCUT2D eigenvalue weighted by atomic mass is 9.50. The molecule has 2 saturated carbocycles. The molecule has 6 atom stereocenters. The zero-order valence-electron chi connectivity index (χ0n) is 16.5. The Hall–Kier alpha value is -1.30. The Labute approximate surface area is 160 Å². The fourth-order valence-electron chi connectivity index (χ4n) is 6.70. The van der Waals surface area contributed by atoms with Crippen LogP contribution < -0.4 is 0 Å². The van der Waals surface area contributed by atoms with E-state index in [0.717, 1.165) is 19.3 Å². The second-order valence-electron chi connectivity index (χ2n) is 9.35. The van der Waals surface area contributed by atoms with Gasteiger partial charge in [-0.1, -0.05) is 31.1 Å². The summed E-state index contributed by atoms with van der Waals surface area (Å²) in [5.41, 5.74) is 0.400. The monoisotopic (exact) mass is 374 g/mol. The minimum Gasteiger partial charge on any atom is -0.388 e. The van der Waals surface area contributed by atoms with Crippen LogP contribution in [0, 0.1) is 22.7 Å². The summed E-state index contributed by atoms with van der Waals surface area (Å²) < 4.78 is 5.45. The van der Waals surface area contributed by atoms with Gasteiger partial charge in [-0.25, -0.2) is 0 Å². The quantitative estimate of drug-likeness (QED) is 0.741. The first kappa shape index (κ1) is 19.0. The summed E-state index contributed by atoms with van der Waals surface area (Å²) in [7, 11) is 1.59. The molecule has 5 unspecified atom stereocenters. The molecule has 0 aliphatic heterocycles. The number of carbonyl (C=O) groups is 2. The molecule has 4 aliphatic rings. The Morgan fingerprint density at radius 2 is 2.07 bits per heavy atom. The van der Waals surface area contributed by atoms with Crippen LogP contribution in [-0.2, 0) is 14.3 Å². The Morgan fingerprint density at radius 3 is 2.74 bits per heavy atom. The highest BCUT2D eigenvalue weighted by atomic mass is 16.5. The van der Waals surface area contributed by atoms with Crippen molar-refractivity contribution in [3.05, 3.63) is 23.3 Å². The summed E-state index contributed by atoms with van der Waals surface area (Å²) in [4.78, 5) is 24.7. The summed E-state index contributed by atoms with van der Waals surface area (Å²) in [5.74, 6) is 0.134. The van der Waals surface area contributed by atoms with Crippen LogP contribution in [0.2, 0.25) is 0 Å². The number of allylic oxidation sites excluding steroid dienone is 3. The van der Waals surface area contributed by atoms with E-state index in [-0.39, 0.29) is 17.1 Å². The van der Waals surface area contributed by atoms with E-state index in [1.54, 1.807) is 13.2 Å². The highest BCUT2D eigenvalue weighted by molar-refractivity contribution is 5.96. The lowest BCUT2D eigenvalue weighted by molar-refractivity contribution is -0.155. The maximum atomic E-state index is 12.4. The molecule has 2 fully saturated rings. The van der Waals surface area contributed by atoms with Gasteiger partial charge in [0.25, 0.3) is 0 Å². The Bertz CT molecular complexity index is 752. The third-order valence-electron chi connectivity index (χ3n) is 8.40. The number of rotatable bonds is 3. The first-order valence-electron chi connectivity index (χ1n) is 10.1. The average molecular weight is 374 g/mol. The van der Waals surface area contributed by atoms with Crippen LogP contribution in [0.3, 0.4) is 0 Å². The van der Waals surface area contributed by atoms with Crippen LogP contribution in [-0.4, -0.2) is 47.2 Å². The summed E-state index contributed by atoms with van der Waals surface area (Å²) in [6.45, 7) is 3.63. The predicted octanol–water partition coefficient (Wildman–Crippen LogP) is 2.36. The number of aliphatic hydroxyl groups excluding tert-OH is 1. The minimum absolute atomic E-state index is 0.0634. The van der Waals surface area contributed by atoms with E-state index in [4.69, 9.17) is 4.74 Å². The van der Waals surface area contributed by atoms with Gasteiger partial charge >= 0.3 is 0 Å². The maximum Gasteiger partial charge on any atom is 0.190 e. The molecule has 0 spiro atoms. The predicted molar refractivity (Wildman–Crippen MR) is 99.9 cm³/mol. The largest absolute Gasteiger partial charge is 0.388 e. The smallest absolute Gasteiger partial charge is 0.190 e. The number of aliphatic hydroxyl groups is 2. The van der Waals surface area contributed by atoms with E-state index < -0.39 is 29.5 Å². The highest BCUT2D eigenvalue weighted by Gasteiger charge is 2.64. The summed E-state index contributed by atoms with van der Waals surface area (Å²) in [6.07, 6.45) is 7.94. The summed E-state index contributed by atoms with van der Waals surface area (Å²) >= 11 is 0. The fraction of sp³-hybridized carbons (Fsp3) is 0.727. The van der Waals surface area contributed by atoms with Crippen LogP contribution >= 0.6 is 0 Å². The molecule has 148 valence electrons. The maximum absolute atomic E-state index is 12.4. The number of ether oxygens (including phenoxy) is 1. The molecule has 0 aromatic heterocycles. The van der Waals surface area contributed by atoms with Crippen molar-refractivity contribution in [2.24, 2.45) is 22.7 Å². The standard InChI is InChI=1S/C22H30O5/c1-20-11-18(27-3)17(24)10-13(20)4-5-14-15(20)6-8-21(2)16(14)7-9-22(21,26)19(25)12-23/h6,10,14,16,18,23,26H,4-5,7-9,11-12H2,1-3H3/t14?,16?,18?,20?,21?,22-/m0/s1. The molecule has 2 N–H and O–H groups in total. The number of fused-ring (bicyclic) bond motifs is 5. The lowest BCUT2D eigenvalue weighted by Crippen LogP contribution is -2.55. The Balaban J connectivity index is 1.75. The number of carbonyl (C=O) groups excluding carboxylic acids is 2. The van der Waals surface area contributed by atoms with Gasteiger partial charge in [0.2, 0.25) is 0 Å². The molecule has 0 aromatic rings. The second-order valence-corrected chi connectivity index (χ2v) is 9.35. The third kappa shape index (κ3) is 2.34. The molecular formula is C22H30O5. The van der Waals surface area contributed by atoms with E-state index in [1.165, 1.54) is 11.1 Å². The number of methoxy groups -OCH3 is 1. The molecule has 4 aliphatic carbocycles. The van der Waals surface area contributed by atoms with Crippen LogP contribution in [0.5, 0.6) is 0 Å². The van der Waals surface area contributed by atoms with E-state index in [2.05, 4.69) is 13.0 Å². The topological polar surface area (TPSA) is 83.8 Å². The molecule has 4 rings (SSSR count). The summed E-state index contributed by atoms with van der Waals surface area (Å²) in [6, 6.07) is 0. The van der Waals surface area contributed by atoms with Crippen LogP contribution in [0.25, 0.3) is 0 Å². The SMILES string of the molecule is COC1CC2(C)C(=CC1=O)CCC1C2=CCC2(C)C1CC[C@]2(O)C(=O)CO. The van der Waals surface area contributed by atoms with Crippen LogP contribution in [0.1, 0.15) is 52.4 Å². The molecule has 0 amide bonds. The van der Waals surface area contributed by atoms with Gasteiger partial charge in [0, 0.05) is 17.9 Å². The Morgan fingerprint density at radius 1 is 1.33 bits per heavy atom. The van der Waals surface area contributed by atoms with Gasteiger partial charge in [-0.2, -0.15) is 0 Å². The van der Waals surface area contributed by atoms with Crippen molar-refractivity contribution < 1.29 is 24.5 Å². The molecule has 0 bridgehead atoms. The molecule has 5 heteroatoms. The van der Waals surface area contributed by atoms with Crippen molar-refractivity contribution in [2.75, 3.05) is 13.7 Å². The first-order valence-corrected chi connectivity index (χ1v) is 10.1. The molecule has 0 saturated heterocycles. The van der Waals surface area contributed by atoms with Gasteiger partial charge in [-0.15, -0.1) is 0 Å². The van der Waals surface area contributed by atoms with Gasteiger partial charge in [0.05, 0.1) is 0 Å². The van der Waals surface area contributed by atoms with Gasteiger partial charge in [-0.3, -0.25) is 9.59 Å². The van der Waals surface area contributed by atoms with E-state index in [0.29, 0.717) is 25.2 Å². The van der Waals surface area contributed by atoms with Crippen LogP contribution in [0.15, 0.2) is 23.3 Å². The zero-order valence-corrected chi connectivity index (χ0v) is 16.5. The molecule has 0 radical (unpaired) electrons. The van der Waals surface area contributed by atoms with Crippen molar-refractivity contribution in [3.8, 4) is 0 Å².